The minimum atomic E-state index is 0.483. The van der Waals surface area contributed by atoms with Gasteiger partial charge >= 0.3 is 120 Å². The molecule has 0 atom stereocenters. The monoisotopic (exact) mass is 315 g/mol. The van der Waals surface area contributed by atoms with Gasteiger partial charge in [-0.25, -0.2) is 0 Å². The van der Waals surface area contributed by atoms with E-state index in [-0.39, 0.29) is 0 Å². The van der Waals surface area contributed by atoms with Crippen LogP contribution in [0.1, 0.15) is 30.9 Å². The van der Waals surface area contributed by atoms with E-state index in [1.54, 1.807) is 0 Å². The van der Waals surface area contributed by atoms with Gasteiger partial charge in [0, 0.05) is 0 Å². The van der Waals surface area contributed by atoms with Crippen LogP contribution in [0.2, 0.25) is 0 Å². The second-order valence-electron chi connectivity index (χ2n) is 5.29. The molecule has 0 saturated carbocycles. The van der Waals surface area contributed by atoms with Crippen molar-refractivity contribution >= 4 is 24.3 Å². The van der Waals surface area contributed by atoms with Crippen LogP contribution < -0.4 is 0 Å². The van der Waals surface area contributed by atoms with Crippen LogP contribution in [-0.2, 0) is 0 Å². The Morgan fingerprint density at radius 2 is 1.89 bits per heavy atom. The predicted octanol–water partition coefficient (Wildman–Crippen LogP) is 4.39. The fraction of sp³-hybridized carbons (Fsp3) is 0.235. The summed E-state index contributed by atoms with van der Waals surface area (Å²) < 4.78 is 1.40. The second-order valence-corrected chi connectivity index (χ2v) is 7.28. The molecule has 0 N–H and O–H groups in total. The van der Waals surface area contributed by atoms with Crippen molar-refractivity contribution in [3.8, 4) is 11.3 Å². The van der Waals surface area contributed by atoms with Gasteiger partial charge in [-0.1, -0.05) is 0 Å². The third-order valence-corrected chi connectivity index (χ3v) is 5.20. The number of hydrogen-bond donors (Lipinski definition) is 0. The number of aromatic nitrogens is 1. The van der Waals surface area contributed by atoms with Crippen molar-refractivity contribution in [3.05, 3.63) is 52.5 Å². The summed E-state index contributed by atoms with van der Waals surface area (Å²) in [5.41, 5.74) is 6.18. The van der Waals surface area contributed by atoms with E-state index in [0.29, 0.717) is 20.4 Å². The first-order valence-corrected chi connectivity index (χ1v) is 8.44. The first-order valence-electron chi connectivity index (χ1n) is 6.60. The molecule has 96 valence electrons. The van der Waals surface area contributed by atoms with Gasteiger partial charge in [0.05, 0.1) is 0 Å². The summed E-state index contributed by atoms with van der Waals surface area (Å²) in [6.45, 7) is 6.63. The number of hydrogen-bond acceptors (Lipinski definition) is 1. The summed E-state index contributed by atoms with van der Waals surface area (Å²) in [5.74, 6) is 0.552. The Bertz CT molecular complexity index is 725. The quantitative estimate of drug-likeness (QED) is 0.639. The Kier molecular flexibility index (Phi) is 3.30. The van der Waals surface area contributed by atoms with Gasteiger partial charge in [-0.3, -0.25) is 0 Å². The standard InChI is InChI=1S/C17H17NSe/c1-11(2)13-8-12(3)9-14(10-13)15-4-5-17-16(18-15)6-7-19-17/h4-11H,1-3H3. The first-order chi connectivity index (χ1) is 9.13. The van der Waals surface area contributed by atoms with Gasteiger partial charge in [-0.2, -0.15) is 0 Å². The Morgan fingerprint density at radius 3 is 2.68 bits per heavy atom. The molecule has 0 fully saturated rings. The third-order valence-electron chi connectivity index (χ3n) is 3.37. The maximum absolute atomic E-state index is 4.79. The zero-order valence-corrected chi connectivity index (χ0v) is 13.2. The van der Waals surface area contributed by atoms with Gasteiger partial charge in [-0.15, -0.1) is 0 Å². The Labute approximate surface area is 120 Å². The van der Waals surface area contributed by atoms with Crippen LogP contribution in [0.3, 0.4) is 0 Å². The number of nitrogens with zero attached hydrogens (tertiary/aromatic N) is 1. The minimum absolute atomic E-state index is 0.483. The fourth-order valence-corrected chi connectivity index (χ4v) is 3.83. The van der Waals surface area contributed by atoms with Crippen molar-refractivity contribution in [2.75, 3.05) is 0 Å². The first kappa shape index (κ1) is 12.7. The molecule has 1 nitrogen and oxygen atoms in total. The van der Waals surface area contributed by atoms with Crippen molar-refractivity contribution in [2.45, 2.75) is 26.7 Å². The number of aryl methyl sites for hydroxylation is 1. The molecule has 0 saturated heterocycles. The summed E-state index contributed by atoms with van der Waals surface area (Å²) in [7, 11) is 0. The number of benzene rings is 1. The molecule has 19 heavy (non-hydrogen) atoms. The molecule has 1 aromatic carbocycles. The van der Waals surface area contributed by atoms with Crippen LogP contribution in [0.5, 0.6) is 0 Å². The maximum atomic E-state index is 4.79. The van der Waals surface area contributed by atoms with E-state index in [0.717, 1.165) is 11.2 Å². The normalized spacial score (nSPS) is 11.4. The zero-order valence-electron chi connectivity index (χ0n) is 11.5. The second kappa shape index (κ2) is 4.96. The summed E-state index contributed by atoms with van der Waals surface area (Å²) >= 11 is 0.483. The van der Waals surface area contributed by atoms with E-state index in [1.165, 1.54) is 21.0 Å². The van der Waals surface area contributed by atoms with Crippen molar-refractivity contribution in [3.63, 3.8) is 0 Å². The molecule has 0 aliphatic carbocycles. The average molecular weight is 314 g/mol. The summed E-state index contributed by atoms with van der Waals surface area (Å²) in [5, 5.41) is 0. The Balaban J connectivity index is 2.14. The molecule has 0 unspecified atom stereocenters. The summed E-state index contributed by atoms with van der Waals surface area (Å²) in [6.07, 6.45) is 0. The van der Waals surface area contributed by atoms with E-state index in [9.17, 15) is 0 Å². The molecule has 0 spiro atoms. The third kappa shape index (κ3) is 2.51. The van der Waals surface area contributed by atoms with E-state index in [2.05, 4.69) is 62.1 Å². The Hall–Kier alpha value is -1.37. The summed E-state index contributed by atoms with van der Waals surface area (Å²) in [6, 6.07) is 13.3. The van der Waals surface area contributed by atoms with E-state index < -0.39 is 0 Å². The van der Waals surface area contributed by atoms with Gasteiger partial charge < -0.3 is 0 Å². The van der Waals surface area contributed by atoms with Crippen molar-refractivity contribution in [2.24, 2.45) is 0 Å². The topological polar surface area (TPSA) is 12.9 Å². The molecular weight excluding hydrogens is 297 g/mol. The van der Waals surface area contributed by atoms with Crippen LogP contribution in [0.25, 0.3) is 21.0 Å². The molecule has 0 aliphatic heterocycles. The predicted molar refractivity (Wildman–Crippen MR) is 82.9 cm³/mol. The number of pyridine rings is 1. The van der Waals surface area contributed by atoms with Crippen LogP contribution in [0.4, 0.5) is 0 Å². The molecule has 2 heteroatoms. The molecule has 0 radical (unpaired) electrons. The van der Waals surface area contributed by atoms with Gasteiger partial charge in [0.25, 0.3) is 0 Å². The summed E-state index contributed by atoms with van der Waals surface area (Å²) in [4.78, 5) is 7.03. The molecule has 0 bridgehead atoms. The van der Waals surface area contributed by atoms with Crippen molar-refractivity contribution < 1.29 is 0 Å². The molecule has 3 rings (SSSR count). The average Bonchev–Trinajstić information content (AvgIpc) is 2.85. The molecule has 0 aliphatic rings. The van der Waals surface area contributed by atoms with Crippen LogP contribution in [0.15, 0.2) is 41.3 Å². The van der Waals surface area contributed by atoms with E-state index >= 15 is 0 Å². The van der Waals surface area contributed by atoms with Crippen molar-refractivity contribution in [1.82, 2.24) is 4.98 Å². The van der Waals surface area contributed by atoms with Gasteiger partial charge in [0.1, 0.15) is 0 Å². The van der Waals surface area contributed by atoms with Gasteiger partial charge in [0.2, 0.25) is 0 Å². The number of fused-ring (bicyclic) bond motifs is 1. The van der Waals surface area contributed by atoms with Crippen LogP contribution in [0, 0.1) is 6.92 Å². The molecule has 3 aromatic rings. The van der Waals surface area contributed by atoms with Crippen molar-refractivity contribution in [1.29, 1.82) is 0 Å². The number of rotatable bonds is 2. The van der Waals surface area contributed by atoms with Gasteiger partial charge in [0.15, 0.2) is 0 Å². The van der Waals surface area contributed by atoms with Crippen LogP contribution >= 0.6 is 0 Å². The Morgan fingerprint density at radius 1 is 1.05 bits per heavy atom. The van der Waals surface area contributed by atoms with Gasteiger partial charge in [-0.05, 0) is 0 Å². The fourth-order valence-electron chi connectivity index (χ4n) is 2.31. The molecule has 2 aromatic heterocycles. The molecule has 2 heterocycles. The zero-order chi connectivity index (χ0) is 13.4. The van der Waals surface area contributed by atoms with Crippen LogP contribution in [-0.4, -0.2) is 19.5 Å². The SMILES string of the molecule is Cc1cc(-c2ccc3[se]ccc3n2)cc(C(C)C)c1. The van der Waals surface area contributed by atoms with E-state index in [1.807, 2.05) is 0 Å². The molecule has 0 amide bonds. The molecular formula is C17H17NSe. The van der Waals surface area contributed by atoms with E-state index in [4.69, 9.17) is 4.98 Å².